The summed E-state index contributed by atoms with van der Waals surface area (Å²) >= 11 is 1.43. The normalized spacial score (nSPS) is 10.4. The highest BCUT2D eigenvalue weighted by Crippen LogP contribution is 2.13. The van der Waals surface area contributed by atoms with Gasteiger partial charge in [-0.3, -0.25) is 9.78 Å². The number of nitrogens with zero attached hydrogens (tertiary/aromatic N) is 1. The monoisotopic (exact) mass is 235 g/mol. The molecule has 2 rings (SSSR count). The number of carbonyl (C=O) groups is 1. The molecule has 0 amide bonds. The predicted molar refractivity (Wildman–Crippen MR) is 61.3 cm³/mol. The standard InChI is InChI=1S/C12H10FNOS/c1-8-2-9(4-10(13)3-8)12(15)5-11-6-14-7-16-11/h2-4,6-7H,5H2,1H3. The van der Waals surface area contributed by atoms with Gasteiger partial charge < -0.3 is 0 Å². The van der Waals surface area contributed by atoms with E-state index >= 15 is 0 Å². The number of Topliss-reactive ketones (excluding diaryl/α,β-unsaturated/α-hetero) is 1. The van der Waals surface area contributed by atoms with Crippen LogP contribution in [0.1, 0.15) is 20.8 Å². The van der Waals surface area contributed by atoms with Gasteiger partial charge >= 0.3 is 0 Å². The van der Waals surface area contributed by atoms with Crippen LogP contribution in [0.4, 0.5) is 4.39 Å². The molecule has 0 spiro atoms. The van der Waals surface area contributed by atoms with Crippen molar-refractivity contribution in [3.8, 4) is 0 Å². The van der Waals surface area contributed by atoms with Crippen LogP contribution < -0.4 is 0 Å². The second-order valence-corrected chi connectivity index (χ2v) is 4.56. The molecule has 0 saturated heterocycles. The summed E-state index contributed by atoms with van der Waals surface area (Å²) in [6, 6.07) is 4.38. The molecule has 0 aliphatic rings. The Morgan fingerprint density at radius 2 is 2.25 bits per heavy atom. The quantitative estimate of drug-likeness (QED) is 0.765. The highest BCUT2D eigenvalue weighted by atomic mass is 32.1. The van der Waals surface area contributed by atoms with Crippen molar-refractivity contribution < 1.29 is 9.18 Å². The van der Waals surface area contributed by atoms with E-state index in [0.717, 1.165) is 10.4 Å². The van der Waals surface area contributed by atoms with E-state index in [9.17, 15) is 9.18 Å². The Kier molecular flexibility index (Phi) is 3.10. The lowest BCUT2D eigenvalue weighted by molar-refractivity contribution is 0.0993. The number of hydrogen-bond acceptors (Lipinski definition) is 3. The first-order valence-corrected chi connectivity index (χ1v) is 5.71. The number of rotatable bonds is 3. The Bertz CT molecular complexity index is 487. The lowest BCUT2D eigenvalue weighted by Crippen LogP contribution is -2.03. The van der Waals surface area contributed by atoms with Gasteiger partial charge in [-0.1, -0.05) is 0 Å². The molecule has 2 aromatic rings. The maximum atomic E-state index is 13.1. The van der Waals surface area contributed by atoms with Crippen molar-refractivity contribution in [3.05, 3.63) is 51.7 Å². The van der Waals surface area contributed by atoms with E-state index < -0.39 is 0 Å². The number of hydrogen-bond donors (Lipinski definition) is 0. The predicted octanol–water partition coefficient (Wildman–Crippen LogP) is 3.02. The van der Waals surface area contributed by atoms with Crippen LogP contribution in [-0.2, 0) is 6.42 Å². The third kappa shape index (κ3) is 2.52. The summed E-state index contributed by atoms with van der Waals surface area (Å²) in [6.45, 7) is 1.77. The minimum absolute atomic E-state index is 0.0770. The van der Waals surface area contributed by atoms with Gasteiger partial charge in [-0.15, -0.1) is 11.3 Å². The molecule has 1 aromatic heterocycles. The topological polar surface area (TPSA) is 30.0 Å². The van der Waals surface area contributed by atoms with Crippen LogP contribution >= 0.6 is 11.3 Å². The highest BCUT2D eigenvalue weighted by molar-refractivity contribution is 7.09. The van der Waals surface area contributed by atoms with Gasteiger partial charge in [-0.25, -0.2) is 4.39 Å². The van der Waals surface area contributed by atoms with Gasteiger partial charge in [0, 0.05) is 23.1 Å². The van der Waals surface area contributed by atoms with Crippen molar-refractivity contribution in [3.63, 3.8) is 0 Å². The van der Waals surface area contributed by atoms with Crippen molar-refractivity contribution in [2.45, 2.75) is 13.3 Å². The molecular formula is C12H10FNOS. The molecule has 0 atom stereocenters. The number of carbonyl (C=O) groups excluding carboxylic acids is 1. The van der Waals surface area contributed by atoms with Gasteiger partial charge in [-0.2, -0.15) is 0 Å². The molecular weight excluding hydrogens is 225 g/mol. The number of aryl methyl sites for hydroxylation is 1. The molecule has 0 aliphatic heterocycles. The summed E-state index contributed by atoms with van der Waals surface area (Å²) in [6.07, 6.45) is 1.95. The average Bonchev–Trinajstić information content (AvgIpc) is 2.68. The van der Waals surface area contributed by atoms with Crippen LogP contribution in [0.25, 0.3) is 0 Å². The molecule has 1 aromatic carbocycles. The van der Waals surface area contributed by atoms with Gasteiger partial charge in [0.25, 0.3) is 0 Å². The number of halogens is 1. The van der Waals surface area contributed by atoms with E-state index in [-0.39, 0.29) is 18.0 Å². The van der Waals surface area contributed by atoms with Crippen LogP contribution in [0, 0.1) is 12.7 Å². The Morgan fingerprint density at radius 1 is 1.44 bits per heavy atom. The second-order valence-electron chi connectivity index (χ2n) is 3.58. The zero-order valence-corrected chi connectivity index (χ0v) is 9.55. The van der Waals surface area contributed by atoms with Crippen LogP contribution in [0.15, 0.2) is 29.9 Å². The van der Waals surface area contributed by atoms with Crippen LogP contribution in [0.3, 0.4) is 0 Å². The first-order valence-electron chi connectivity index (χ1n) is 4.83. The van der Waals surface area contributed by atoms with E-state index in [0.29, 0.717) is 5.56 Å². The summed E-state index contributed by atoms with van der Waals surface area (Å²) in [5.41, 5.74) is 2.86. The lowest BCUT2D eigenvalue weighted by atomic mass is 10.1. The van der Waals surface area contributed by atoms with Crippen LogP contribution in [0.5, 0.6) is 0 Å². The number of benzene rings is 1. The van der Waals surface area contributed by atoms with E-state index in [1.165, 1.54) is 23.5 Å². The van der Waals surface area contributed by atoms with Crippen molar-refractivity contribution >= 4 is 17.1 Å². The summed E-state index contributed by atoms with van der Waals surface area (Å²) in [4.78, 5) is 16.6. The summed E-state index contributed by atoms with van der Waals surface area (Å²) in [5.74, 6) is -0.445. The van der Waals surface area contributed by atoms with Gasteiger partial charge in [0.05, 0.1) is 5.51 Å². The molecule has 0 aliphatic carbocycles. The zero-order chi connectivity index (χ0) is 11.5. The maximum absolute atomic E-state index is 13.1. The fourth-order valence-corrected chi connectivity index (χ4v) is 2.08. The summed E-state index contributed by atoms with van der Waals surface area (Å²) < 4.78 is 13.1. The Balaban J connectivity index is 2.21. The second kappa shape index (κ2) is 4.53. The molecule has 0 radical (unpaired) electrons. The van der Waals surface area contributed by atoms with Crippen molar-refractivity contribution in [1.82, 2.24) is 4.98 Å². The Morgan fingerprint density at radius 3 is 2.88 bits per heavy atom. The first-order chi connectivity index (χ1) is 7.65. The average molecular weight is 235 g/mol. The molecule has 16 heavy (non-hydrogen) atoms. The van der Waals surface area contributed by atoms with E-state index in [1.54, 1.807) is 24.7 Å². The molecule has 0 bridgehead atoms. The van der Waals surface area contributed by atoms with Crippen LogP contribution in [-0.4, -0.2) is 10.8 Å². The molecule has 4 heteroatoms. The lowest BCUT2D eigenvalue weighted by Gasteiger charge is -2.01. The summed E-state index contributed by atoms with van der Waals surface area (Å²) in [5, 5.41) is 0. The molecule has 0 saturated carbocycles. The first kappa shape index (κ1) is 11.0. The number of ketones is 1. The van der Waals surface area contributed by atoms with E-state index in [2.05, 4.69) is 4.98 Å². The maximum Gasteiger partial charge on any atom is 0.168 e. The fraction of sp³-hybridized carbons (Fsp3) is 0.167. The molecule has 0 N–H and O–H groups in total. The smallest absolute Gasteiger partial charge is 0.168 e. The molecule has 1 heterocycles. The van der Waals surface area contributed by atoms with Crippen molar-refractivity contribution in [2.75, 3.05) is 0 Å². The molecule has 0 unspecified atom stereocenters. The third-order valence-electron chi connectivity index (χ3n) is 2.18. The van der Waals surface area contributed by atoms with Crippen LogP contribution in [0.2, 0.25) is 0 Å². The van der Waals surface area contributed by atoms with Crippen molar-refractivity contribution in [2.24, 2.45) is 0 Å². The third-order valence-corrected chi connectivity index (χ3v) is 2.96. The largest absolute Gasteiger partial charge is 0.294 e. The molecule has 82 valence electrons. The number of thiazole rings is 1. The SMILES string of the molecule is Cc1cc(F)cc(C(=O)Cc2cncs2)c1. The Labute approximate surface area is 96.8 Å². The minimum atomic E-state index is -0.368. The minimum Gasteiger partial charge on any atom is -0.294 e. The van der Waals surface area contributed by atoms with Crippen molar-refractivity contribution in [1.29, 1.82) is 0 Å². The highest BCUT2D eigenvalue weighted by Gasteiger charge is 2.09. The van der Waals surface area contributed by atoms with E-state index in [1.807, 2.05) is 0 Å². The fourth-order valence-electron chi connectivity index (χ4n) is 1.49. The zero-order valence-electron chi connectivity index (χ0n) is 8.74. The Hall–Kier alpha value is -1.55. The van der Waals surface area contributed by atoms with Gasteiger partial charge in [0.1, 0.15) is 5.82 Å². The summed E-state index contributed by atoms with van der Waals surface area (Å²) in [7, 11) is 0. The number of aromatic nitrogens is 1. The van der Waals surface area contributed by atoms with Gasteiger partial charge in [0.2, 0.25) is 0 Å². The molecule has 2 nitrogen and oxygen atoms in total. The molecule has 0 fully saturated rings. The van der Waals surface area contributed by atoms with Gasteiger partial charge in [-0.05, 0) is 30.7 Å². The van der Waals surface area contributed by atoms with Gasteiger partial charge in [0.15, 0.2) is 5.78 Å². The van der Waals surface area contributed by atoms with E-state index in [4.69, 9.17) is 0 Å².